The zero-order valence-corrected chi connectivity index (χ0v) is 11.0. The van der Waals surface area contributed by atoms with Crippen LogP contribution >= 0.6 is 0 Å². The minimum Gasteiger partial charge on any atom is -0.132 e. The van der Waals surface area contributed by atoms with E-state index in [1.807, 2.05) is 0 Å². The van der Waals surface area contributed by atoms with Gasteiger partial charge in [0.25, 0.3) is 0 Å². The van der Waals surface area contributed by atoms with Crippen molar-refractivity contribution < 1.29 is 0 Å². The lowest BCUT2D eigenvalue weighted by atomic mass is 10.1. The highest BCUT2D eigenvalue weighted by atomic mass is 28.3. The fourth-order valence-electron chi connectivity index (χ4n) is 1.35. The fourth-order valence-corrected chi connectivity index (χ4v) is 2.01. The average molecular weight is 216 g/mol. The van der Waals surface area contributed by atoms with E-state index in [0.29, 0.717) is 0 Å². The van der Waals surface area contributed by atoms with E-state index >= 15 is 0 Å². The molecule has 0 aliphatic carbocycles. The monoisotopic (exact) mass is 216 g/mol. The molecule has 0 fully saturated rings. The van der Waals surface area contributed by atoms with Crippen LogP contribution in [0.15, 0.2) is 30.3 Å². The number of benzene rings is 1. The molecule has 0 unspecified atom stereocenters. The van der Waals surface area contributed by atoms with Crippen molar-refractivity contribution in [1.29, 1.82) is 0 Å². The molecule has 0 amide bonds. The lowest BCUT2D eigenvalue weighted by Crippen LogP contribution is -2.16. The molecule has 1 heteroatoms. The maximum atomic E-state index is 3.40. The molecule has 1 aromatic rings. The Balaban J connectivity index is 2.25. The van der Waals surface area contributed by atoms with E-state index in [1.54, 1.807) is 0 Å². The van der Waals surface area contributed by atoms with Gasteiger partial charge in [-0.15, -0.1) is 11.5 Å². The minimum absolute atomic E-state index is 1.04. The fraction of sp³-hybridized carbons (Fsp3) is 0.429. The molecule has 0 bridgehead atoms. The van der Waals surface area contributed by atoms with Gasteiger partial charge in [0.05, 0.1) is 0 Å². The SMILES string of the molecule is C[Si](C)(C)C#CCCCc1ccccc1. The second-order valence-electron chi connectivity index (χ2n) is 4.89. The number of unbranched alkanes of at least 4 members (excludes halogenated alkanes) is 1. The summed E-state index contributed by atoms with van der Waals surface area (Å²) in [4.78, 5) is 0. The molecule has 0 aliphatic rings. The van der Waals surface area contributed by atoms with Crippen LogP contribution in [0.3, 0.4) is 0 Å². The van der Waals surface area contributed by atoms with Crippen molar-refractivity contribution in [2.75, 3.05) is 0 Å². The molecular formula is C14H20Si. The van der Waals surface area contributed by atoms with E-state index in [0.717, 1.165) is 12.8 Å². The summed E-state index contributed by atoms with van der Waals surface area (Å²) in [7, 11) is -1.15. The van der Waals surface area contributed by atoms with Gasteiger partial charge in [0.2, 0.25) is 0 Å². The van der Waals surface area contributed by atoms with E-state index in [4.69, 9.17) is 0 Å². The van der Waals surface area contributed by atoms with Gasteiger partial charge in [0.15, 0.2) is 0 Å². The van der Waals surface area contributed by atoms with Gasteiger partial charge < -0.3 is 0 Å². The highest BCUT2D eigenvalue weighted by Crippen LogP contribution is 2.04. The molecule has 1 rings (SSSR count). The Labute approximate surface area is 94.7 Å². The van der Waals surface area contributed by atoms with Gasteiger partial charge in [0, 0.05) is 6.42 Å². The smallest absolute Gasteiger partial charge is 0.129 e. The summed E-state index contributed by atoms with van der Waals surface area (Å²) in [5.41, 5.74) is 4.82. The van der Waals surface area contributed by atoms with Gasteiger partial charge in [-0.2, -0.15) is 0 Å². The van der Waals surface area contributed by atoms with Crippen LogP contribution < -0.4 is 0 Å². The molecule has 0 aliphatic heterocycles. The molecule has 1 aromatic carbocycles. The zero-order valence-electron chi connectivity index (χ0n) is 10.0. The summed E-state index contributed by atoms with van der Waals surface area (Å²) < 4.78 is 0. The lowest BCUT2D eigenvalue weighted by molar-refractivity contribution is 0.858. The Morgan fingerprint density at radius 3 is 2.33 bits per heavy atom. The molecule has 0 aromatic heterocycles. The second-order valence-corrected chi connectivity index (χ2v) is 9.64. The summed E-state index contributed by atoms with van der Waals surface area (Å²) in [5, 5.41) is 0. The summed E-state index contributed by atoms with van der Waals surface area (Å²) in [6.45, 7) is 6.87. The predicted molar refractivity (Wildman–Crippen MR) is 70.5 cm³/mol. The topological polar surface area (TPSA) is 0 Å². The number of hydrogen-bond acceptors (Lipinski definition) is 0. The largest absolute Gasteiger partial charge is 0.132 e. The number of aryl methyl sites for hydroxylation is 1. The number of rotatable bonds is 3. The first kappa shape index (κ1) is 12.1. The quantitative estimate of drug-likeness (QED) is 0.408. The van der Waals surface area contributed by atoms with Crippen molar-refractivity contribution in [3.63, 3.8) is 0 Å². The molecule has 80 valence electrons. The summed E-state index contributed by atoms with van der Waals surface area (Å²) in [6, 6.07) is 10.6. The molecular weight excluding hydrogens is 196 g/mol. The molecule has 0 radical (unpaired) electrons. The molecule has 0 saturated carbocycles. The Bertz CT molecular complexity index is 335. The standard InChI is InChI=1S/C14H20Si/c1-15(2,3)13-9-5-8-12-14-10-6-4-7-11-14/h4,6-7,10-11H,5,8,12H2,1-3H3. The van der Waals surface area contributed by atoms with Crippen LogP contribution in [0.25, 0.3) is 0 Å². The third-order valence-corrected chi connectivity index (χ3v) is 3.00. The molecule has 0 saturated heterocycles. The molecule has 0 heterocycles. The molecule has 15 heavy (non-hydrogen) atoms. The Morgan fingerprint density at radius 2 is 1.73 bits per heavy atom. The van der Waals surface area contributed by atoms with E-state index < -0.39 is 8.07 Å². The second kappa shape index (κ2) is 5.78. The first-order valence-electron chi connectivity index (χ1n) is 5.62. The molecule has 0 spiro atoms. The van der Waals surface area contributed by atoms with E-state index in [2.05, 4.69) is 61.4 Å². The van der Waals surface area contributed by atoms with Crippen LogP contribution in [0, 0.1) is 11.5 Å². The van der Waals surface area contributed by atoms with Crippen LogP contribution in [-0.2, 0) is 6.42 Å². The third kappa shape index (κ3) is 6.14. The van der Waals surface area contributed by atoms with Crippen LogP contribution in [0.1, 0.15) is 18.4 Å². The molecule has 0 nitrogen and oxygen atoms in total. The maximum absolute atomic E-state index is 3.40. The normalized spacial score (nSPS) is 10.6. The number of hydrogen-bond donors (Lipinski definition) is 0. The first-order valence-corrected chi connectivity index (χ1v) is 9.12. The van der Waals surface area contributed by atoms with Crippen LogP contribution in [0.4, 0.5) is 0 Å². The Morgan fingerprint density at radius 1 is 1.07 bits per heavy atom. The van der Waals surface area contributed by atoms with E-state index in [-0.39, 0.29) is 0 Å². The van der Waals surface area contributed by atoms with Gasteiger partial charge in [-0.1, -0.05) is 50.0 Å². The summed E-state index contributed by atoms with van der Waals surface area (Å²) in [5.74, 6) is 3.31. The van der Waals surface area contributed by atoms with Crippen molar-refractivity contribution in [2.24, 2.45) is 0 Å². The Hall–Kier alpha value is -1.00. The van der Waals surface area contributed by atoms with E-state index in [9.17, 15) is 0 Å². The van der Waals surface area contributed by atoms with Crippen molar-refractivity contribution in [3.05, 3.63) is 35.9 Å². The highest BCUT2D eigenvalue weighted by Gasteiger charge is 2.06. The zero-order chi connectivity index (χ0) is 11.1. The summed E-state index contributed by atoms with van der Waals surface area (Å²) >= 11 is 0. The third-order valence-electron chi connectivity index (χ3n) is 2.07. The Kier molecular flexibility index (Phi) is 4.65. The average Bonchev–Trinajstić information content (AvgIpc) is 2.17. The summed E-state index contributed by atoms with van der Waals surface area (Å²) in [6.07, 6.45) is 3.38. The molecule has 0 N–H and O–H groups in total. The predicted octanol–water partition coefficient (Wildman–Crippen LogP) is 3.89. The van der Waals surface area contributed by atoms with Crippen molar-refractivity contribution in [1.82, 2.24) is 0 Å². The molecule has 0 atom stereocenters. The van der Waals surface area contributed by atoms with Crippen molar-refractivity contribution in [2.45, 2.75) is 38.9 Å². The first-order chi connectivity index (χ1) is 7.08. The van der Waals surface area contributed by atoms with Crippen LogP contribution in [0.5, 0.6) is 0 Å². The van der Waals surface area contributed by atoms with E-state index in [1.165, 1.54) is 12.0 Å². The van der Waals surface area contributed by atoms with Gasteiger partial charge in [-0.25, -0.2) is 0 Å². The maximum Gasteiger partial charge on any atom is 0.129 e. The highest BCUT2D eigenvalue weighted by molar-refractivity contribution is 6.83. The van der Waals surface area contributed by atoms with Gasteiger partial charge in [-0.3, -0.25) is 0 Å². The van der Waals surface area contributed by atoms with Crippen molar-refractivity contribution in [3.8, 4) is 11.5 Å². The van der Waals surface area contributed by atoms with Gasteiger partial charge in [0.1, 0.15) is 8.07 Å². The minimum atomic E-state index is -1.15. The van der Waals surface area contributed by atoms with Gasteiger partial charge >= 0.3 is 0 Å². The van der Waals surface area contributed by atoms with Crippen molar-refractivity contribution >= 4 is 8.07 Å². The van der Waals surface area contributed by atoms with Gasteiger partial charge in [-0.05, 0) is 18.4 Å². The van der Waals surface area contributed by atoms with Crippen LogP contribution in [0.2, 0.25) is 19.6 Å². The lowest BCUT2D eigenvalue weighted by Gasteiger charge is -2.03. The van der Waals surface area contributed by atoms with Crippen LogP contribution in [-0.4, -0.2) is 8.07 Å².